The van der Waals surface area contributed by atoms with Crippen molar-refractivity contribution in [2.24, 2.45) is 11.5 Å². The molecule has 0 unspecified atom stereocenters. The van der Waals surface area contributed by atoms with E-state index in [1.54, 1.807) is 24.3 Å². The SMILES string of the molecule is NC(=O)C[C@H](N)C(=O)NCCc1ccc(O)cc1. The number of carbonyl (C=O) groups is 2. The van der Waals surface area contributed by atoms with E-state index in [2.05, 4.69) is 5.32 Å². The molecule has 98 valence electrons. The van der Waals surface area contributed by atoms with Gasteiger partial charge in [0.25, 0.3) is 0 Å². The number of benzene rings is 1. The third kappa shape index (κ3) is 4.84. The van der Waals surface area contributed by atoms with Crippen LogP contribution in [0.25, 0.3) is 0 Å². The van der Waals surface area contributed by atoms with Gasteiger partial charge in [-0.15, -0.1) is 0 Å². The molecular formula is C12H17N3O3. The van der Waals surface area contributed by atoms with Crippen LogP contribution < -0.4 is 16.8 Å². The molecule has 0 radical (unpaired) electrons. The summed E-state index contributed by atoms with van der Waals surface area (Å²) >= 11 is 0. The number of rotatable bonds is 6. The van der Waals surface area contributed by atoms with Crippen molar-refractivity contribution in [3.8, 4) is 5.75 Å². The van der Waals surface area contributed by atoms with Crippen LogP contribution in [0.2, 0.25) is 0 Å². The second kappa shape index (κ2) is 6.61. The van der Waals surface area contributed by atoms with Crippen molar-refractivity contribution in [3.05, 3.63) is 29.8 Å². The van der Waals surface area contributed by atoms with Crippen LogP contribution in [0.4, 0.5) is 0 Å². The summed E-state index contributed by atoms with van der Waals surface area (Å²) in [5.41, 5.74) is 11.4. The summed E-state index contributed by atoms with van der Waals surface area (Å²) in [4.78, 5) is 22.0. The van der Waals surface area contributed by atoms with E-state index in [1.165, 1.54) is 0 Å². The van der Waals surface area contributed by atoms with Gasteiger partial charge in [-0.05, 0) is 24.1 Å². The fourth-order valence-corrected chi connectivity index (χ4v) is 1.43. The van der Waals surface area contributed by atoms with Crippen molar-refractivity contribution in [1.29, 1.82) is 0 Å². The van der Waals surface area contributed by atoms with E-state index in [-0.39, 0.29) is 12.2 Å². The summed E-state index contributed by atoms with van der Waals surface area (Å²) in [6.45, 7) is 0.413. The second-order valence-electron chi connectivity index (χ2n) is 3.98. The molecule has 0 fully saturated rings. The van der Waals surface area contributed by atoms with Gasteiger partial charge in [0.1, 0.15) is 5.75 Å². The zero-order valence-corrected chi connectivity index (χ0v) is 9.93. The standard InChI is InChI=1S/C12H17N3O3/c13-10(7-11(14)17)12(18)15-6-5-8-1-3-9(16)4-2-8/h1-4,10,16H,5-7,13H2,(H2,14,17)(H,15,18)/t10-/m0/s1. The molecule has 2 amide bonds. The Morgan fingerprint density at radius 1 is 1.28 bits per heavy atom. The number of hydrogen-bond donors (Lipinski definition) is 4. The summed E-state index contributed by atoms with van der Waals surface area (Å²) in [5, 5.41) is 11.7. The lowest BCUT2D eigenvalue weighted by atomic mass is 10.1. The molecule has 0 aliphatic carbocycles. The molecule has 18 heavy (non-hydrogen) atoms. The summed E-state index contributed by atoms with van der Waals surface area (Å²) in [5.74, 6) is -0.796. The largest absolute Gasteiger partial charge is 0.508 e. The van der Waals surface area contributed by atoms with Gasteiger partial charge in [0.15, 0.2) is 0 Å². The fraction of sp³-hybridized carbons (Fsp3) is 0.333. The van der Waals surface area contributed by atoms with Crippen LogP contribution in [0.5, 0.6) is 5.75 Å². The van der Waals surface area contributed by atoms with E-state index in [0.717, 1.165) is 5.56 Å². The van der Waals surface area contributed by atoms with Crippen LogP contribution >= 0.6 is 0 Å². The van der Waals surface area contributed by atoms with E-state index in [0.29, 0.717) is 13.0 Å². The highest BCUT2D eigenvalue weighted by atomic mass is 16.3. The van der Waals surface area contributed by atoms with E-state index in [4.69, 9.17) is 16.6 Å². The first-order valence-corrected chi connectivity index (χ1v) is 5.58. The highest BCUT2D eigenvalue weighted by Gasteiger charge is 2.14. The van der Waals surface area contributed by atoms with Crippen molar-refractivity contribution in [1.82, 2.24) is 5.32 Å². The van der Waals surface area contributed by atoms with Gasteiger partial charge in [-0.3, -0.25) is 9.59 Å². The molecule has 0 aliphatic rings. The van der Waals surface area contributed by atoms with Crippen molar-refractivity contribution in [2.45, 2.75) is 18.9 Å². The zero-order valence-electron chi connectivity index (χ0n) is 9.93. The maximum Gasteiger partial charge on any atom is 0.237 e. The molecule has 1 atom stereocenters. The molecule has 0 aliphatic heterocycles. The molecule has 1 rings (SSSR count). The Balaban J connectivity index is 2.31. The third-order valence-electron chi connectivity index (χ3n) is 2.41. The van der Waals surface area contributed by atoms with E-state index < -0.39 is 17.9 Å². The Bertz CT molecular complexity index is 417. The van der Waals surface area contributed by atoms with E-state index >= 15 is 0 Å². The Labute approximate surface area is 105 Å². The molecule has 0 bridgehead atoms. The molecule has 0 saturated carbocycles. The number of phenols is 1. The maximum atomic E-state index is 11.4. The number of nitrogens with one attached hydrogen (secondary N) is 1. The van der Waals surface area contributed by atoms with Crippen molar-refractivity contribution < 1.29 is 14.7 Å². The fourth-order valence-electron chi connectivity index (χ4n) is 1.43. The predicted molar refractivity (Wildman–Crippen MR) is 66.6 cm³/mol. The molecule has 6 heteroatoms. The minimum Gasteiger partial charge on any atom is -0.508 e. The first-order chi connectivity index (χ1) is 8.49. The molecule has 0 heterocycles. The quantitative estimate of drug-likeness (QED) is 0.532. The monoisotopic (exact) mass is 251 g/mol. The Morgan fingerprint density at radius 2 is 1.89 bits per heavy atom. The highest BCUT2D eigenvalue weighted by molar-refractivity contribution is 5.87. The highest BCUT2D eigenvalue weighted by Crippen LogP contribution is 2.09. The van der Waals surface area contributed by atoms with Crippen LogP contribution in [0.15, 0.2) is 24.3 Å². The minimum atomic E-state index is -0.901. The molecule has 1 aromatic carbocycles. The summed E-state index contributed by atoms with van der Waals surface area (Å²) in [6.07, 6.45) is 0.459. The molecule has 1 aromatic rings. The first-order valence-electron chi connectivity index (χ1n) is 5.58. The average molecular weight is 251 g/mol. The van der Waals surface area contributed by atoms with Crippen LogP contribution in [-0.4, -0.2) is 29.5 Å². The van der Waals surface area contributed by atoms with Gasteiger partial charge in [0, 0.05) is 6.54 Å². The number of nitrogens with two attached hydrogens (primary N) is 2. The van der Waals surface area contributed by atoms with Crippen LogP contribution in [0, 0.1) is 0 Å². The summed E-state index contributed by atoms with van der Waals surface area (Å²) < 4.78 is 0. The lowest BCUT2D eigenvalue weighted by Crippen LogP contribution is -2.43. The van der Waals surface area contributed by atoms with Gasteiger partial charge < -0.3 is 21.9 Å². The Morgan fingerprint density at radius 3 is 2.44 bits per heavy atom. The normalized spacial score (nSPS) is 11.8. The van der Waals surface area contributed by atoms with Crippen molar-refractivity contribution >= 4 is 11.8 Å². The van der Waals surface area contributed by atoms with Gasteiger partial charge >= 0.3 is 0 Å². The topological polar surface area (TPSA) is 118 Å². The molecular weight excluding hydrogens is 234 g/mol. The number of phenolic OH excluding ortho intramolecular Hbond substituents is 1. The van der Waals surface area contributed by atoms with Gasteiger partial charge in [-0.1, -0.05) is 12.1 Å². The van der Waals surface area contributed by atoms with Crippen LogP contribution in [0.3, 0.4) is 0 Å². The predicted octanol–water partition coefficient (Wildman–Crippen LogP) is -0.746. The lowest BCUT2D eigenvalue weighted by Gasteiger charge is -2.10. The van der Waals surface area contributed by atoms with Gasteiger partial charge in [0.2, 0.25) is 11.8 Å². The molecule has 6 nitrogen and oxygen atoms in total. The Hall–Kier alpha value is -2.08. The van der Waals surface area contributed by atoms with Gasteiger partial charge in [-0.25, -0.2) is 0 Å². The smallest absolute Gasteiger partial charge is 0.237 e. The third-order valence-corrected chi connectivity index (χ3v) is 2.41. The van der Waals surface area contributed by atoms with Gasteiger partial charge in [0.05, 0.1) is 12.5 Å². The maximum absolute atomic E-state index is 11.4. The number of aromatic hydroxyl groups is 1. The number of hydrogen-bond acceptors (Lipinski definition) is 4. The number of amides is 2. The summed E-state index contributed by atoms with van der Waals surface area (Å²) in [6, 6.07) is 5.80. The molecule has 0 saturated heterocycles. The van der Waals surface area contributed by atoms with E-state index in [1.807, 2.05) is 0 Å². The number of carbonyl (C=O) groups excluding carboxylic acids is 2. The number of primary amides is 1. The Kier molecular flexibility index (Phi) is 5.13. The summed E-state index contributed by atoms with van der Waals surface area (Å²) in [7, 11) is 0. The van der Waals surface area contributed by atoms with Crippen LogP contribution in [-0.2, 0) is 16.0 Å². The minimum absolute atomic E-state index is 0.162. The lowest BCUT2D eigenvalue weighted by molar-refractivity contribution is -0.126. The average Bonchev–Trinajstić information content (AvgIpc) is 2.30. The van der Waals surface area contributed by atoms with E-state index in [9.17, 15) is 9.59 Å². The first kappa shape index (κ1) is 14.0. The molecule has 0 aromatic heterocycles. The molecule has 0 spiro atoms. The van der Waals surface area contributed by atoms with Crippen LogP contribution in [0.1, 0.15) is 12.0 Å². The molecule has 6 N–H and O–H groups in total. The zero-order chi connectivity index (χ0) is 13.5. The second-order valence-corrected chi connectivity index (χ2v) is 3.98. The van der Waals surface area contributed by atoms with Crippen molar-refractivity contribution in [2.75, 3.05) is 6.54 Å². The van der Waals surface area contributed by atoms with Crippen molar-refractivity contribution in [3.63, 3.8) is 0 Å². The van der Waals surface area contributed by atoms with Gasteiger partial charge in [-0.2, -0.15) is 0 Å².